The van der Waals surface area contributed by atoms with Crippen LogP contribution in [0.25, 0.3) is 22.3 Å². The summed E-state index contributed by atoms with van der Waals surface area (Å²) in [4.78, 5) is 31.8. The maximum atomic E-state index is 12.4. The number of hydrogen-bond donors (Lipinski definition) is 2. The first-order valence-corrected chi connectivity index (χ1v) is 10.2. The summed E-state index contributed by atoms with van der Waals surface area (Å²) in [6.07, 6.45) is 1.35. The fraction of sp³-hybridized carbons (Fsp3) is 0.250. The third-order valence-corrected chi connectivity index (χ3v) is 5.01. The monoisotopic (exact) mass is 416 g/mol. The van der Waals surface area contributed by atoms with Gasteiger partial charge in [-0.2, -0.15) is 4.98 Å². The van der Waals surface area contributed by atoms with Crippen molar-refractivity contribution >= 4 is 22.5 Å². The van der Waals surface area contributed by atoms with Gasteiger partial charge >= 0.3 is 0 Å². The molecule has 7 nitrogen and oxygen atoms in total. The van der Waals surface area contributed by atoms with Gasteiger partial charge in [0, 0.05) is 24.0 Å². The molecule has 0 radical (unpaired) electrons. The molecule has 0 aliphatic rings. The lowest BCUT2D eigenvalue weighted by Gasteiger charge is -2.07. The number of aromatic nitrogens is 3. The van der Waals surface area contributed by atoms with Crippen LogP contribution in [0.5, 0.6) is 0 Å². The van der Waals surface area contributed by atoms with E-state index in [4.69, 9.17) is 4.52 Å². The summed E-state index contributed by atoms with van der Waals surface area (Å²) in [5.41, 5.74) is 4.96. The van der Waals surface area contributed by atoms with E-state index in [-0.39, 0.29) is 17.3 Å². The number of hydrogen-bond acceptors (Lipinski definition) is 5. The highest BCUT2D eigenvalue weighted by atomic mass is 16.5. The SMILES string of the molecule is Cc1cc(C)cc(NC(=O)CCCc2nc(-c3cc4cc(C)ccc4[nH]c3=O)no2)c1. The lowest BCUT2D eigenvalue weighted by atomic mass is 10.1. The molecule has 4 rings (SSSR count). The van der Waals surface area contributed by atoms with E-state index >= 15 is 0 Å². The smallest absolute Gasteiger partial charge is 0.259 e. The van der Waals surface area contributed by atoms with Crippen LogP contribution in [0.1, 0.15) is 35.4 Å². The maximum Gasteiger partial charge on any atom is 0.259 e. The van der Waals surface area contributed by atoms with E-state index < -0.39 is 0 Å². The van der Waals surface area contributed by atoms with Crippen molar-refractivity contribution < 1.29 is 9.32 Å². The van der Waals surface area contributed by atoms with E-state index in [9.17, 15) is 9.59 Å². The van der Waals surface area contributed by atoms with Gasteiger partial charge in [0.2, 0.25) is 17.6 Å². The average molecular weight is 416 g/mol. The van der Waals surface area contributed by atoms with E-state index in [1.165, 1.54) is 0 Å². The summed E-state index contributed by atoms with van der Waals surface area (Å²) < 4.78 is 5.30. The number of anilines is 1. The molecule has 2 heterocycles. The van der Waals surface area contributed by atoms with Crippen molar-refractivity contribution in [1.29, 1.82) is 0 Å². The molecule has 1 amide bonds. The summed E-state index contributed by atoms with van der Waals surface area (Å²) in [5, 5.41) is 7.78. The molecule has 2 aromatic heterocycles. The molecule has 0 saturated heterocycles. The van der Waals surface area contributed by atoms with Gasteiger partial charge in [0.25, 0.3) is 5.56 Å². The van der Waals surface area contributed by atoms with Crippen LogP contribution in [0.15, 0.2) is 51.8 Å². The lowest BCUT2D eigenvalue weighted by Crippen LogP contribution is -2.11. The van der Waals surface area contributed by atoms with E-state index in [0.29, 0.717) is 30.7 Å². The predicted molar refractivity (Wildman–Crippen MR) is 120 cm³/mol. The first-order valence-electron chi connectivity index (χ1n) is 10.2. The molecule has 0 aliphatic heterocycles. The van der Waals surface area contributed by atoms with Gasteiger partial charge in [-0.1, -0.05) is 22.9 Å². The third kappa shape index (κ3) is 4.88. The minimum absolute atomic E-state index is 0.0638. The van der Waals surface area contributed by atoms with E-state index in [0.717, 1.165) is 33.3 Å². The second-order valence-corrected chi connectivity index (χ2v) is 7.89. The zero-order valence-electron chi connectivity index (χ0n) is 17.8. The van der Waals surface area contributed by atoms with Crippen LogP contribution >= 0.6 is 0 Å². The van der Waals surface area contributed by atoms with Crippen molar-refractivity contribution in [3.63, 3.8) is 0 Å². The molecule has 0 fully saturated rings. The number of H-pyrrole nitrogens is 1. The molecule has 0 aliphatic carbocycles. The van der Waals surface area contributed by atoms with Gasteiger partial charge in [-0.05, 0) is 74.0 Å². The number of aryl methyl sites for hydroxylation is 4. The standard InChI is InChI=1S/C24H24N4O3/c1-14-7-8-20-17(10-14)13-19(24(30)26-20)23-27-22(31-28-23)6-4-5-21(29)25-18-11-15(2)9-16(3)12-18/h7-13H,4-6H2,1-3H3,(H,25,29)(H,26,30). The first kappa shape index (κ1) is 20.5. The second-order valence-electron chi connectivity index (χ2n) is 7.89. The lowest BCUT2D eigenvalue weighted by molar-refractivity contribution is -0.116. The predicted octanol–water partition coefficient (Wildman–Crippen LogP) is 4.46. The number of carbonyl (C=O) groups excluding carboxylic acids is 1. The summed E-state index contributed by atoms with van der Waals surface area (Å²) in [6.45, 7) is 5.99. The van der Waals surface area contributed by atoms with Crippen molar-refractivity contribution in [1.82, 2.24) is 15.1 Å². The van der Waals surface area contributed by atoms with Crippen LogP contribution in [0.2, 0.25) is 0 Å². The van der Waals surface area contributed by atoms with E-state index in [1.54, 1.807) is 6.07 Å². The van der Waals surface area contributed by atoms with Crippen LogP contribution in [-0.2, 0) is 11.2 Å². The maximum absolute atomic E-state index is 12.4. The van der Waals surface area contributed by atoms with Gasteiger partial charge < -0.3 is 14.8 Å². The molecule has 2 aromatic carbocycles. The number of fused-ring (bicyclic) bond motifs is 1. The number of benzene rings is 2. The molecule has 158 valence electrons. The molecular formula is C24H24N4O3. The largest absolute Gasteiger partial charge is 0.339 e. The van der Waals surface area contributed by atoms with Crippen molar-refractivity contribution in [2.75, 3.05) is 5.32 Å². The van der Waals surface area contributed by atoms with E-state index in [2.05, 4.69) is 26.5 Å². The molecule has 0 bridgehead atoms. The quantitative estimate of drug-likeness (QED) is 0.483. The summed E-state index contributed by atoms with van der Waals surface area (Å²) >= 11 is 0. The highest BCUT2D eigenvalue weighted by Crippen LogP contribution is 2.19. The summed E-state index contributed by atoms with van der Waals surface area (Å²) in [7, 11) is 0. The van der Waals surface area contributed by atoms with Crippen molar-refractivity contribution in [3.05, 3.63) is 75.4 Å². The Hall–Kier alpha value is -3.74. The Morgan fingerprint density at radius 3 is 2.58 bits per heavy atom. The summed E-state index contributed by atoms with van der Waals surface area (Å²) in [6, 6.07) is 13.5. The normalized spacial score (nSPS) is 11.1. The minimum Gasteiger partial charge on any atom is -0.339 e. The Bertz CT molecular complexity index is 1300. The Morgan fingerprint density at radius 2 is 1.81 bits per heavy atom. The average Bonchev–Trinajstić information content (AvgIpc) is 3.15. The number of aromatic amines is 1. The van der Waals surface area contributed by atoms with Gasteiger partial charge in [-0.15, -0.1) is 0 Å². The van der Waals surface area contributed by atoms with Gasteiger partial charge in [-0.3, -0.25) is 9.59 Å². The molecular weight excluding hydrogens is 392 g/mol. The molecule has 0 atom stereocenters. The second kappa shape index (κ2) is 8.55. The highest BCUT2D eigenvalue weighted by Gasteiger charge is 2.14. The molecule has 0 saturated carbocycles. The zero-order chi connectivity index (χ0) is 22.0. The van der Waals surface area contributed by atoms with Gasteiger partial charge in [0.05, 0.1) is 5.56 Å². The minimum atomic E-state index is -0.267. The van der Waals surface area contributed by atoms with Crippen LogP contribution in [0.4, 0.5) is 5.69 Å². The number of nitrogens with zero attached hydrogens (tertiary/aromatic N) is 2. The van der Waals surface area contributed by atoms with Crippen LogP contribution < -0.4 is 10.9 Å². The Kier molecular flexibility index (Phi) is 5.66. The van der Waals surface area contributed by atoms with Gasteiger partial charge in [0.1, 0.15) is 0 Å². The number of carbonyl (C=O) groups is 1. The van der Waals surface area contributed by atoms with Crippen molar-refractivity contribution in [2.45, 2.75) is 40.0 Å². The molecule has 4 aromatic rings. The zero-order valence-corrected chi connectivity index (χ0v) is 17.8. The van der Waals surface area contributed by atoms with Crippen LogP contribution in [-0.4, -0.2) is 21.0 Å². The highest BCUT2D eigenvalue weighted by molar-refractivity contribution is 5.90. The van der Waals surface area contributed by atoms with Gasteiger partial charge in [-0.25, -0.2) is 0 Å². The number of amides is 1. The third-order valence-electron chi connectivity index (χ3n) is 5.01. The Labute approximate surface area is 179 Å². The number of nitrogens with one attached hydrogen (secondary N) is 2. The van der Waals surface area contributed by atoms with E-state index in [1.807, 2.05) is 51.1 Å². The number of pyridine rings is 1. The van der Waals surface area contributed by atoms with Crippen LogP contribution in [0, 0.1) is 20.8 Å². The van der Waals surface area contributed by atoms with Crippen molar-refractivity contribution in [2.24, 2.45) is 0 Å². The first-order chi connectivity index (χ1) is 14.9. The Morgan fingerprint density at radius 1 is 1.03 bits per heavy atom. The van der Waals surface area contributed by atoms with Crippen LogP contribution in [0.3, 0.4) is 0 Å². The molecule has 31 heavy (non-hydrogen) atoms. The number of rotatable bonds is 6. The van der Waals surface area contributed by atoms with Crippen molar-refractivity contribution in [3.8, 4) is 11.4 Å². The molecule has 2 N–H and O–H groups in total. The topological polar surface area (TPSA) is 101 Å². The fourth-order valence-corrected chi connectivity index (χ4v) is 3.63. The Balaban J connectivity index is 1.39. The van der Waals surface area contributed by atoms with Gasteiger partial charge in [0.15, 0.2) is 0 Å². The summed E-state index contributed by atoms with van der Waals surface area (Å²) in [5.74, 6) is 0.586. The molecule has 7 heteroatoms. The molecule has 0 spiro atoms. The molecule has 0 unspecified atom stereocenters. The fourth-order valence-electron chi connectivity index (χ4n) is 3.63.